The summed E-state index contributed by atoms with van der Waals surface area (Å²) in [5.41, 5.74) is -0.246. The first-order valence-corrected chi connectivity index (χ1v) is 9.69. The van der Waals surface area contributed by atoms with Crippen molar-refractivity contribution in [3.8, 4) is 5.69 Å². The van der Waals surface area contributed by atoms with Gasteiger partial charge in [-0.2, -0.15) is 23.4 Å². The smallest absolute Gasteiger partial charge is 0.352 e. The lowest BCUT2D eigenvalue weighted by molar-refractivity contribution is -0.138. The molecule has 3 aromatic rings. The third-order valence-electron chi connectivity index (χ3n) is 4.50. The molecular formula is C19H19ClF3N7O. The van der Waals surface area contributed by atoms with E-state index in [1.807, 2.05) is 6.92 Å². The van der Waals surface area contributed by atoms with Gasteiger partial charge in [0.25, 0.3) is 5.91 Å². The molecule has 2 aromatic heterocycles. The maximum Gasteiger partial charge on any atom is 0.419 e. The zero-order valence-corrected chi connectivity index (χ0v) is 17.4. The first kappa shape index (κ1) is 22.5. The van der Waals surface area contributed by atoms with Crippen molar-refractivity contribution in [2.45, 2.75) is 26.1 Å². The summed E-state index contributed by atoms with van der Waals surface area (Å²) in [4.78, 5) is 23.5. The molecule has 0 fully saturated rings. The number of para-hydroxylation sites is 1. The van der Waals surface area contributed by atoms with Gasteiger partial charge in [-0.15, -0.1) is 4.80 Å². The van der Waals surface area contributed by atoms with Crippen LogP contribution in [0.1, 0.15) is 29.8 Å². The number of hydrogen-bond acceptors (Lipinski definition) is 6. The third kappa shape index (κ3) is 5.10. The van der Waals surface area contributed by atoms with Crippen LogP contribution in [0.3, 0.4) is 0 Å². The Kier molecular flexibility index (Phi) is 6.74. The van der Waals surface area contributed by atoms with Crippen molar-refractivity contribution in [1.29, 1.82) is 0 Å². The Morgan fingerprint density at radius 2 is 1.87 bits per heavy atom. The Bertz CT molecular complexity index is 1030. The van der Waals surface area contributed by atoms with Crippen LogP contribution in [0.15, 0.2) is 43.0 Å². The van der Waals surface area contributed by atoms with Gasteiger partial charge in [-0.25, -0.2) is 9.97 Å². The minimum absolute atomic E-state index is 0.0348. The lowest BCUT2D eigenvalue weighted by Gasteiger charge is -2.29. The van der Waals surface area contributed by atoms with Crippen LogP contribution >= 0.6 is 11.6 Å². The topological polar surface area (TPSA) is 88.8 Å². The van der Waals surface area contributed by atoms with Crippen LogP contribution in [0.2, 0.25) is 5.02 Å². The molecule has 164 valence electrons. The van der Waals surface area contributed by atoms with Gasteiger partial charge in [-0.1, -0.05) is 17.7 Å². The quantitative estimate of drug-likeness (QED) is 0.587. The Morgan fingerprint density at radius 1 is 1.23 bits per heavy atom. The first-order valence-electron chi connectivity index (χ1n) is 9.31. The van der Waals surface area contributed by atoms with E-state index >= 15 is 0 Å². The van der Waals surface area contributed by atoms with E-state index in [-0.39, 0.29) is 24.4 Å². The molecular weight excluding hydrogens is 435 g/mol. The molecule has 0 saturated heterocycles. The Labute approximate surface area is 181 Å². The molecule has 0 bridgehead atoms. The highest BCUT2D eigenvalue weighted by Gasteiger charge is 2.31. The number of anilines is 1. The molecule has 12 heteroatoms. The normalized spacial score (nSPS) is 12.5. The highest BCUT2D eigenvalue weighted by molar-refractivity contribution is 6.33. The number of halogens is 4. The van der Waals surface area contributed by atoms with Crippen molar-refractivity contribution in [3.63, 3.8) is 0 Å². The fourth-order valence-corrected chi connectivity index (χ4v) is 3.20. The van der Waals surface area contributed by atoms with Crippen LogP contribution in [-0.2, 0) is 6.18 Å². The van der Waals surface area contributed by atoms with Gasteiger partial charge in [0.05, 0.1) is 28.5 Å². The number of amides is 1. The number of carbonyl (C=O) groups excluding carboxylic acids is 1. The average molecular weight is 454 g/mol. The number of alkyl halides is 3. The summed E-state index contributed by atoms with van der Waals surface area (Å²) >= 11 is 6.30. The van der Waals surface area contributed by atoms with Gasteiger partial charge in [-0.05, 0) is 26.0 Å². The van der Waals surface area contributed by atoms with Crippen LogP contribution < -0.4 is 5.32 Å². The van der Waals surface area contributed by atoms with E-state index in [4.69, 9.17) is 11.6 Å². The molecule has 0 radical (unpaired) electrons. The summed E-state index contributed by atoms with van der Waals surface area (Å²) in [6, 6.07) is 4.60. The van der Waals surface area contributed by atoms with Crippen LogP contribution in [-0.4, -0.2) is 54.9 Å². The summed E-state index contributed by atoms with van der Waals surface area (Å²) in [5, 5.41) is 11.3. The van der Waals surface area contributed by atoms with E-state index in [0.29, 0.717) is 35.2 Å². The minimum Gasteiger partial charge on any atom is -0.352 e. The fourth-order valence-electron chi connectivity index (χ4n) is 2.95. The molecule has 0 spiro atoms. The second-order valence-electron chi connectivity index (χ2n) is 6.57. The average Bonchev–Trinajstić information content (AvgIpc) is 3.26. The molecule has 0 saturated carbocycles. The van der Waals surface area contributed by atoms with E-state index in [9.17, 15) is 18.0 Å². The van der Waals surface area contributed by atoms with Gasteiger partial charge in [-0.3, -0.25) is 4.79 Å². The summed E-state index contributed by atoms with van der Waals surface area (Å²) in [7, 11) is 0. The summed E-state index contributed by atoms with van der Waals surface area (Å²) in [5.74, 6) is -0.257. The molecule has 8 nitrogen and oxygen atoms in total. The molecule has 2 heterocycles. The van der Waals surface area contributed by atoms with Gasteiger partial charge < -0.3 is 10.2 Å². The second kappa shape index (κ2) is 9.29. The standard InChI is InChI=1S/C19H19ClF3N7O/c1-3-29(12(2)9-24-18-25-10-13(11-26-18)19(21,22)23)17(31)14-5-4-6-15(20)16(14)30-27-7-8-28-30/h4-8,10-12H,3,9H2,1-2H3,(H,24,25,26). The lowest BCUT2D eigenvalue weighted by atomic mass is 10.1. The van der Waals surface area contributed by atoms with Gasteiger partial charge >= 0.3 is 6.18 Å². The molecule has 0 aliphatic rings. The van der Waals surface area contributed by atoms with Crippen LogP contribution in [0, 0.1) is 0 Å². The van der Waals surface area contributed by atoms with Crippen LogP contribution in [0.5, 0.6) is 0 Å². The summed E-state index contributed by atoms with van der Waals surface area (Å²) < 4.78 is 37.9. The number of hydrogen-bond donors (Lipinski definition) is 1. The van der Waals surface area contributed by atoms with Gasteiger partial charge in [0.1, 0.15) is 5.69 Å². The predicted octanol–water partition coefficient (Wildman–Crippen LogP) is 3.69. The SMILES string of the molecule is CCN(C(=O)c1cccc(Cl)c1-n1nccn1)C(C)CNc1ncc(C(F)(F)F)cn1. The Hall–Kier alpha value is -3.21. The number of rotatable bonds is 7. The number of benzene rings is 1. The fraction of sp³-hybridized carbons (Fsp3) is 0.316. The molecule has 31 heavy (non-hydrogen) atoms. The van der Waals surface area contributed by atoms with E-state index in [1.165, 1.54) is 17.2 Å². The van der Waals surface area contributed by atoms with E-state index in [1.54, 1.807) is 30.0 Å². The number of carbonyl (C=O) groups is 1. The molecule has 0 aliphatic heterocycles. The molecule has 1 N–H and O–H groups in total. The monoisotopic (exact) mass is 453 g/mol. The number of nitrogens with zero attached hydrogens (tertiary/aromatic N) is 6. The Balaban J connectivity index is 1.75. The maximum absolute atomic E-state index is 13.3. The van der Waals surface area contributed by atoms with Gasteiger partial charge in [0, 0.05) is 31.5 Å². The van der Waals surface area contributed by atoms with Crippen molar-refractivity contribution >= 4 is 23.5 Å². The first-order chi connectivity index (χ1) is 14.7. The highest BCUT2D eigenvalue weighted by atomic mass is 35.5. The number of nitrogens with one attached hydrogen (secondary N) is 1. The van der Waals surface area contributed by atoms with Crippen LogP contribution in [0.25, 0.3) is 5.69 Å². The molecule has 0 aliphatic carbocycles. The lowest BCUT2D eigenvalue weighted by Crippen LogP contribution is -2.42. The molecule has 3 rings (SSSR count). The van der Waals surface area contributed by atoms with Crippen molar-refractivity contribution < 1.29 is 18.0 Å². The molecule has 1 unspecified atom stereocenters. The second-order valence-corrected chi connectivity index (χ2v) is 6.98. The van der Waals surface area contributed by atoms with Crippen molar-refractivity contribution in [2.75, 3.05) is 18.4 Å². The summed E-state index contributed by atoms with van der Waals surface area (Å²) in [6.07, 6.45) is -0.136. The molecule has 1 aromatic carbocycles. The zero-order chi connectivity index (χ0) is 22.6. The maximum atomic E-state index is 13.3. The van der Waals surface area contributed by atoms with Gasteiger partial charge in [0.15, 0.2) is 0 Å². The van der Waals surface area contributed by atoms with E-state index in [2.05, 4.69) is 25.5 Å². The van der Waals surface area contributed by atoms with E-state index < -0.39 is 11.7 Å². The third-order valence-corrected chi connectivity index (χ3v) is 4.81. The predicted molar refractivity (Wildman–Crippen MR) is 108 cm³/mol. The van der Waals surface area contributed by atoms with E-state index in [0.717, 1.165) is 0 Å². The van der Waals surface area contributed by atoms with Crippen molar-refractivity contribution in [2.24, 2.45) is 0 Å². The number of aromatic nitrogens is 5. The minimum atomic E-state index is -4.50. The van der Waals surface area contributed by atoms with Crippen LogP contribution in [0.4, 0.5) is 19.1 Å². The summed E-state index contributed by atoms with van der Waals surface area (Å²) in [6.45, 7) is 4.23. The molecule has 1 atom stereocenters. The Morgan fingerprint density at radius 3 is 2.45 bits per heavy atom. The zero-order valence-electron chi connectivity index (χ0n) is 16.6. The largest absolute Gasteiger partial charge is 0.419 e. The van der Waals surface area contributed by atoms with Crippen molar-refractivity contribution in [1.82, 2.24) is 29.9 Å². The number of likely N-dealkylation sites (N-methyl/N-ethyl adjacent to an activating group) is 1. The molecule has 1 amide bonds. The highest BCUT2D eigenvalue weighted by Crippen LogP contribution is 2.28. The van der Waals surface area contributed by atoms with Gasteiger partial charge in [0.2, 0.25) is 5.95 Å². The van der Waals surface area contributed by atoms with Crippen molar-refractivity contribution in [3.05, 3.63) is 59.1 Å².